The molecule has 0 spiro atoms. The predicted molar refractivity (Wildman–Crippen MR) is 113 cm³/mol. The number of nitrogens with one attached hydrogen (secondary N) is 2. The van der Waals surface area contributed by atoms with Gasteiger partial charge in [0.2, 0.25) is 0 Å². The van der Waals surface area contributed by atoms with Crippen molar-refractivity contribution in [3.8, 4) is 0 Å². The second-order valence-corrected chi connectivity index (χ2v) is 6.39. The van der Waals surface area contributed by atoms with E-state index in [0.29, 0.717) is 12.2 Å². The normalized spacial score (nSPS) is 21.6. The van der Waals surface area contributed by atoms with Crippen LogP contribution in [0.4, 0.5) is 0 Å². The van der Waals surface area contributed by atoms with E-state index in [9.17, 15) is 0 Å². The van der Waals surface area contributed by atoms with Gasteiger partial charge in [0.1, 0.15) is 5.76 Å². The van der Waals surface area contributed by atoms with Gasteiger partial charge in [-0.05, 0) is 39.3 Å². The first kappa shape index (κ1) is 22.2. The van der Waals surface area contributed by atoms with Crippen LogP contribution in [-0.4, -0.2) is 62.3 Å². The highest BCUT2D eigenvalue weighted by molar-refractivity contribution is 14.0. The predicted octanol–water partition coefficient (Wildman–Crippen LogP) is 2.49. The molecule has 25 heavy (non-hydrogen) atoms. The van der Waals surface area contributed by atoms with Crippen LogP contribution in [0.5, 0.6) is 0 Å². The van der Waals surface area contributed by atoms with Gasteiger partial charge >= 0.3 is 0 Å². The van der Waals surface area contributed by atoms with Crippen LogP contribution in [0.1, 0.15) is 33.0 Å². The summed E-state index contributed by atoms with van der Waals surface area (Å²) in [6.07, 6.45) is 4.30. The smallest absolute Gasteiger partial charge is 0.191 e. The van der Waals surface area contributed by atoms with E-state index in [0.717, 1.165) is 63.8 Å². The van der Waals surface area contributed by atoms with Gasteiger partial charge in [-0.25, -0.2) is 0 Å². The monoisotopic (exact) mass is 464 g/mol. The Morgan fingerprint density at radius 1 is 1.28 bits per heavy atom. The lowest BCUT2D eigenvalue weighted by atomic mass is 10.2. The van der Waals surface area contributed by atoms with E-state index in [4.69, 9.17) is 9.15 Å². The molecule has 2 rings (SSSR count). The Bertz CT molecular complexity index is 471. The van der Waals surface area contributed by atoms with Crippen LogP contribution in [0, 0.1) is 0 Å². The van der Waals surface area contributed by atoms with Crippen LogP contribution < -0.4 is 10.6 Å². The molecule has 0 amide bonds. The summed E-state index contributed by atoms with van der Waals surface area (Å²) in [5, 5.41) is 6.65. The Hall–Kier alpha value is -0.800. The highest BCUT2D eigenvalue weighted by Gasteiger charge is 2.21. The third-order valence-electron chi connectivity index (χ3n) is 3.99. The number of halogens is 1. The van der Waals surface area contributed by atoms with E-state index in [1.54, 1.807) is 6.26 Å². The fourth-order valence-electron chi connectivity index (χ4n) is 3.05. The molecule has 0 radical (unpaired) electrons. The van der Waals surface area contributed by atoms with E-state index in [1.807, 2.05) is 12.1 Å². The minimum atomic E-state index is 0. The molecule has 2 heterocycles. The molecule has 1 aromatic rings. The van der Waals surface area contributed by atoms with E-state index in [1.165, 1.54) is 0 Å². The van der Waals surface area contributed by atoms with Crippen LogP contribution in [0.3, 0.4) is 0 Å². The Labute approximate surface area is 168 Å². The Morgan fingerprint density at radius 2 is 2.04 bits per heavy atom. The van der Waals surface area contributed by atoms with Gasteiger partial charge in [0.25, 0.3) is 0 Å². The third-order valence-corrected chi connectivity index (χ3v) is 3.99. The SMILES string of the molecule is CCNC(=NCCCN1CC(C)OC(C)C1)NCCc1ccco1.I. The van der Waals surface area contributed by atoms with Crippen molar-refractivity contribution in [3.05, 3.63) is 24.2 Å². The molecule has 2 unspecified atom stereocenters. The summed E-state index contributed by atoms with van der Waals surface area (Å²) in [5.41, 5.74) is 0. The van der Waals surface area contributed by atoms with Crippen LogP contribution in [0.15, 0.2) is 27.8 Å². The molecule has 1 fully saturated rings. The summed E-state index contributed by atoms with van der Waals surface area (Å²) < 4.78 is 11.1. The number of rotatable bonds is 8. The van der Waals surface area contributed by atoms with Crippen molar-refractivity contribution in [2.45, 2.75) is 45.8 Å². The zero-order chi connectivity index (χ0) is 17.2. The molecule has 0 aromatic carbocycles. The molecule has 1 aromatic heterocycles. The molecule has 0 aliphatic carbocycles. The third kappa shape index (κ3) is 8.91. The van der Waals surface area contributed by atoms with Gasteiger partial charge < -0.3 is 19.8 Å². The molecule has 1 saturated heterocycles. The van der Waals surface area contributed by atoms with Crippen molar-refractivity contribution in [2.75, 3.05) is 39.3 Å². The van der Waals surface area contributed by atoms with Crippen molar-refractivity contribution in [1.82, 2.24) is 15.5 Å². The molecule has 7 heteroatoms. The first-order valence-corrected chi connectivity index (χ1v) is 9.09. The van der Waals surface area contributed by atoms with Gasteiger partial charge in [0.15, 0.2) is 5.96 Å². The van der Waals surface area contributed by atoms with Gasteiger partial charge in [-0.1, -0.05) is 0 Å². The summed E-state index contributed by atoms with van der Waals surface area (Å²) in [4.78, 5) is 7.14. The van der Waals surface area contributed by atoms with Gasteiger partial charge in [0, 0.05) is 45.7 Å². The number of morpholine rings is 1. The number of furan rings is 1. The zero-order valence-electron chi connectivity index (χ0n) is 15.7. The molecule has 1 aliphatic rings. The molecular formula is C18H33IN4O2. The largest absolute Gasteiger partial charge is 0.469 e. The minimum Gasteiger partial charge on any atom is -0.469 e. The number of nitrogens with zero attached hydrogens (tertiary/aromatic N) is 2. The van der Waals surface area contributed by atoms with Crippen LogP contribution >= 0.6 is 24.0 Å². The zero-order valence-corrected chi connectivity index (χ0v) is 18.0. The summed E-state index contributed by atoms with van der Waals surface area (Å²) in [7, 11) is 0. The number of guanidine groups is 1. The molecule has 0 saturated carbocycles. The fraction of sp³-hybridized carbons (Fsp3) is 0.722. The molecule has 2 N–H and O–H groups in total. The molecule has 0 bridgehead atoms. The molecule has 1 aliphatic heterocycles. The van der Waals surface area contributed by atoms with Gasteiger partial charge in [-0.3, -0.25) is 9.89 Å². The summed E-state index contributed by atoms with van der Waals surface area (Å²) >= 11 is 0. The molecule has 144 valence electrons. The lowest BCUT2D eigenvalue weighted by molar-refractivity contribution is -0.0679. The standard InChI is InChI=1S/C18H32N4O2.HI/c1-4-19-18(21-10-8-17-7-5-12-23-17)20-9-6-11-22-13-15(2)24-16(3)14-22;/h5,7,12,15-16H,4,6,8-11,13-14H2,1-3H3,(H2,19,20,21);1H. The number of hydrogen-bond donors (Lipinski definition) is 2. The van der Waals surface area contributed by atoms with Crippen LogP contribution in [0.2, 0.25) is 0 Å². The molecular weight excluding hydrogens is 431 g/mol. The topological polar surface area (TPSA) is 62.0 Å². The highest BCUT2D eigenvalue weighted by atomic mass is 127. The van der Waals surface area contributed by atoms with E-state index in [2.05, 4.69) is 41.3 Å². The van der Waals surface area contributed by atoms with Crippen LogP contribution in [-0.2, 0) is 11.2 Å². The average molecular weight is 464 g/mol. The summed E-state index contributed by atoms with van der Waals surface area (Å²) in [6.45, 7) is 12.0. The second-order valence-electron chi connectivity index (χ2n) is 6.39. The van der Waals surface area contributed by atoms with Crippen LogP contribution in [0.25, 0.3) is 0 Å². The van der Waals surface area contributed by atoms with Crippen molar-refractivity contribution in [3.63, 3.8) is 0 Å². The van der Waals surface area contributed by atoms with Gasteiger partial charge in [0.05, 0.1) is 18.5 Å². The lowest BCUT2D eigenvalue weighted by Crippen LogP contribution is -2.45. The van der Waals surface area contributed by atoms with Gasteiger partial charge in [-0.15, -0.1) is 24.0 Å². The van der Waals surface area contributed by atoms with Gasteiger partial charge in [-0.2, -0.15) is 0 Å². The Balaban J connectivity index is 0.00000312. The Morgan fingerprint density at radius 3 is 2.68 bits per heavy atom. The van der Waals surface area contributed by atoms with Crippen molar-refractivity contribution in [1.29, 1.82) is 0 Å². The van der Waals surface area contributed by atoms with E-state index in [-0.39, 0.29) is 24.0 Å². The highest BCUT2D eigenvalue weighted by Crippen LogP contribution is 2.10. The maximum atomic E-state index is 5.77. The number of aliphatic imine (C=N–C) groups is 1. The lowest BCUT2D eigenvalue weighted by Gasteiger charge is -2.35. The second kappa shape index (κ2) is 12.5. The molecule has 6 nitrogen and oxygen atoms in total. The van der Waals surface area contributed by atoms with Crippen molar-refractivity contribution in [2.24, 2.45) is 4.99 Å². The maximum Gasteiger partial charge on any atom is 0.191 e. The fourth-order valence-corrected chi connectivity index (χ4v) is 3.05. The number of hydrogen-bond acceptors (Lipinski definition) is 4. The first-order valence-electron chi connectivity index (χ1n) is 9.09. The van der Waals surface area contributed by atoms with Crippen molar-refractivity contribution >= 4 is 29.9 Å². The number of ether oxygens (including phenoxy) is 1. The summed E-state index contributed by atoms with van der Waals surface area (Å²) in [5.74, 6) is 1.88. The quantitative estimate of drug-likeness (QED) is 0.268. The van der Waals surface area contributed by atoms with E-state index >= 15 is 0 Å². The van der Waals surface area contributed by atoms with E-state index < -0.39 is 0 Å². The first-order chi connectivity index (χ1) is 11.7. The molecule has 2 atom stereocenters. The summed E-state index contributed by atoms with van der Waals surface area (Å²) in [6, 6.07) is 3.91. The Kier molecular flexibility index (Phi) is 11.2. The minimum absolute atomic E-state index is 0. The average Bonchev–Trinajstić information content (AvgIpc) is 3.04. The maximum absolute atomic E-state index is 5.77. The van der Waals surface area contributed by atoms with Crippen molar-refractivity contribution < 1.29 is 9.15 Å².